The molecule has 29 heavy (non-hydrogen) atoms. The molecule has 1 aliphatic heterocycles. The first kappa shape index (κ1) is 19.3. The van der Waals surface area contributed by atoms with Crippen molar-refractivity contribution in [2.45, 2.75) is 6.61 Å². The lowest BCUT2D eigenvalue weighted by Gasteiger charge is -2.29. The average Bonchev–Trinajstić information content (AvgIpc) is 3.19. The molecule has 2 heterocycles. The SMILES string of the molecule is C[NH+]1CCN(c2oc(-c3ccc(OCc4ccc(Cl)cc4)cc3)nc2C#N)CC1. The standard InChI is InChI=1S/C22H21ClN4O2/c1-26-10-12-27(13-11-26)22-20(14-24)25-21(29-22)17-4-8-19(9-5-17)28-15-16-2-6-18(23)7-3-16/h2-9H,10-13,15H2,1H3/p+1. The number of piperazine rings is 1. The van der Waals surface area contributed by atoms with Crippen LogP contribution in [0.25, 0.3) is 11.5 Å². The van der Waals surface area contributed by atoms with Crippen molar-refractivity contribution in [3.05, 3.63) is 64.8 Å². The number of hydrogen-bond acceptors (Lipinski definition) is 5. The Balaban J connectivity index is 1.46. The smallest absolute Gasteiger partial charge is 0.235 e. The molecule has 1 fully saturated rings. The number of halogens is 1. The Kier molecular flexibility index (Phi) is 5.70. The van der Waals surface area contributed by atoms with E-state index in [-0.39, 0.29) is 0 Å². The van der Waals surface area contributed by atoms with Gasteiger partial charge in [0.25, 0.3) is 0 Å². The van der Waals surface area contributed by atoms with Crippen molar-refractivity contribution in [2.75, 3.05) is 38.1 Å². The van der Waals surface area contributed by atoms with E-state index in [1.54, 1.807) is 0 Å². The number of likely N-dealkylation sites (N-methyl/N-ethyl adjacent to an activating group) is 1. The molecule has 0 atom stereocenters. The first-order valence-electron chi connectivity index (χ1n) is 9.57. The lowest BCUT2D eigenvalue weighted by Crippen LogP contribution is -3.12. The van der Waals surface area contributed by atoms with E-state index < -0.39 is 0 Å². The van der Waals surface area contributed by atoms with Gasteiger partial charge >= 0.3 is 0 Å². The Hall–Kier alpha value is -3.01. The van der Waals surface area contributed by atoms with Crippen molar-refractivity contribution in [2.24, 2.45) is 0 Å². The van der Waals surface area contributed by atoms with Crippen LogP contribution < -0.4 is 14.5 Å². The van der Waals surface area contributed by atoms with Gasteiger partial charge in [0.15, 0.2) is 0 Å². The lowest BCUT2D eigenvalue weighted by molar-refractivity contribution is -0.880. The van der Waals surface area contributed by atoms with Crippen LogP contribution in [0.4, 0.5) is 5.88 Å². The van der Waals surface area contributed by atoms with Crippen LogP contribution >= 0.6 is 11.6 Å². The van der Waals surface area contributed by atoms with Gasteiger partial charge in [-0.2, -0.15) is 10.2 Å². The number of quaternary nitrogens is 1. The minimum absolute atomic E-state index is 0.336. The molecule has 0 spiro atoms. The van der Waals surface area contributed by atoms with E-state index in [9.17, 15) is 5.26 Å². The van der Waals surface area contributed by atoms with E-state index in [4.69, 9.17) is 20.8 Å². The molecule has 2 aromatic carbocycles. The molecular weight excluding hydrogens is 388 g/mol. The average molecular weight is 410 g/mol. The first-order valence-corrected chi connectivity index (χ1v) is 9.95. The van der Waals surface area contributed by atoms with Crippen molar-refractivity contribution >= 4 is 17.5 Å². The summed E-state index contributed by atoms with van der Waals surface area (Å²) >= 11 is 5.90. The lowest BCUT2D eigenvalue weighted by atomic mass is 10.2. The van der Waals surface area contributed by atoms with Crippen LogP contribution in [0.15, 0.2) is 52.9 Å². The summed E-state index contributed by atoms with van der Waals surface area (Å²) in [6.07, 6.45) is 0. The third kappa shape index (κ3) is 4.53. The molecule has 0 radical (unpaired) electrons. The van der Waals surface area contributed by atoms with Crippen molar-refractivity contribution in [3.63, 3.8) is 0 Å². The number of hydrogen-bond donors (Lipinski definition) is 1. The summed E-state index contributed by atoms with van der Waals surface area (Å²) in [6.45, 7) is 4.20. The summed E-state index contributed by atoms with van der Waals surface area (Å²) in [5.41, 5.74) is 2.19. The molecule has 6 nitrogen and oxygen atoms in total. The van der Waals surface area contributed by atoms with Gasteiger partial charge in [-0.3, -0.25) is 0 Å². The van der Waals surface area contributed by atoms with Gasteiger partial charge in [0.05, 0.1) is 33.2 Å². The number of benzene rings is 2. The highest BCUT2D eigenvalue weighted by molar-refractivity contribution is 6.30. The molecule has 1 N–H and O–H groups in total. The second-order valence-electron chi connectivity index (χ2n) is 7.17. The Bertz CT molecular complexity index is 1000. The Morgan fingerprint density at radius 3 is 2.48 bits per heavy atom. The molecule has 1 saturated heterocycles. The zero-order valence-electron chi connectivity index (χ0n) is 16.2. The number of aromatic nitrogens is 1. The Morgan fingerprint density at radius 1 is 1.14 bits per heavy atom. The monoisotopic (exact) mass is 409 g/mol. The van der Waals surface area contributed by atoms with Gasteiger partial charge in [-0.1, -0.05) is 23.7 Å². The largest absolute Gasteiger partial charge is 0.489 e. The van der Waals surface area contributed by atoms with Crippen LogP contribution in [0.3, 0.4) is 0 Å². The molecule has 1 aromatic heterocycles. The van der Waals surface area contributed by atoms with E-state index in [0.717, 1.165) is 43.1 Å². The maximum atomic E-state index is 9.47. The second-order valence-corrected chi connectivity index (χ2v) is 7.60. The van der Waals surface area contributed by atoms with Crippen LogP contribution in [0.2, 0.25) is 5.02 Å². The van der Waals surface area contributed by atoms with Crippen molar-refractivity contribution in [3.8, 4) is 23.3 Å². The minimum atomic E-state index is 0.336. The molecule has 4 rings (SSSR count). The van der Waals surface area contributed by atoms with E-state index >= 15 is 0 Å². The van der Waals surface area contributed by atoms with Gasteiger partial charge in [-0.25, -0.2) is 0 Å². The van der Waals surface area contributed by atoms with Crippen LogP contribution in [-0.2, 0) is 6.61 Å². The fourth-order valence-electron chi connectivity index (χ4n) is 3.26. The molecular formula is C22H22ClN4O2+. The predicted octanol–water partition coefficient (Wildman–Crippen LogP) is 2.78. The summed E-state index contributed by atoms with van der Waals surface area (Å²) in [7, 11) is 2.17. The summed E-state index contributed by atoms with van der Waals surface area (Å²) < 4.78 is 11.8. The minimum Gasteiger partial charge on any atom is -0.489 e. The third-order valence-corrected chi connectivity index (χ3v) is 5.29. The summed E-state index contributed by atoms with van der Waals surface area (Å²) in [6, 6.07) is 17.3. The molecule has 0 unspecified atom stereocenters. The van der Waals surface area contributed by atoms with E-state index in [1.165, 1.54) is 4.90 Å². The molecule has 1 aliphatic rings. The van der Waals surface area contributed by atoms with Crippen molar-refractivity contribution < 1.29 is 14.1 Å². The number of rotatable bonds is 5. The van der Waals surface area contributed by atoms with E-state index in [1.807, 2.05) is 48.5 Å². The quantitative estimate of drug-likeness (QED) is 0.701. The van der Waals surface area contributed by atoms with Crippen LogP contribution in [0.1, 0.15) is 11.3 Å². The van der Waals surface area contributed by atoms with Gasteiger partial charge in [0, 0.05) is 10.6 Å². The third-order valence-electron chi connectivity index (χ3n) is 5.04. The van der Waals surface area contributed by atoms with Crippen molar-refractivity contribution in [1.82, 2.24) is 4.98 Å². The number of oxazole rings is 1. The van der Waals surface area contributed by atoms with Gasteiger partial charge in [0.2, 0.25) is 17.5 Å². The maximum absolute atomic E-state index is 9.47. The predicted molar refractivity (Wildman–Crippen MR) is 111 cm³/mol. The fourth-order valence-corrected chi connectivity index (χ4v) is 3.38. The molecule has 0 amide bonds. The highest BCUT2D eigenvalue weighted by Gasteiger charge is 2.24. The van der Waals surface area contributed by atoms with Crippen molar-refractivity contribution in [1.29, 1.82) is 5.26 Å². The van der Waals surface area contributed by atoms with E-state index in [0.29, 0.717) is 29.1 Å². The number of ether oxygens (including phenoxy) is 1. The fraction of sp³-hybridized carbons (Fsp3) is 0.273. The number of nitrogens with one attached hydrogen (secondary N) is 1. The van der Waals surface area contributed by atoms with Gasteiger partial charge in [-0.05, 0) is 42.0 Å². The normalized spacial score (nSPS) is 14.6. The molecule has 7 heteroatoms. The molecule has 0 aliphatic carbocycles. The molecule has 148 valence electrons. The van der Waals surface area contributed by atoms with Crippen LogP contribution in [0.5, 0.6) is 5.75 Å². The second kappa shape index (κ2) is 8.56. The summed E-state index contributed by atoms with van der Waals surface area (Å²) in [5, 5.41) is 10.2. The Morgan fingerprint density at radius 2 is 1.83 bits per heavy atom. The zero-order chi connectivity index (χ0) is 20.2. The molecule has 0 saturated carbocycles. The van der Waals surface area contributed by atoms with Crippen LogP contribution in [0, 0.1) is 11.3 Å². The molecule has 0 bridgehead atoms. The summed E-state index contributed by atoms with van der Waals surface area (Å²) in [4.78, 5) is 7.98. The van der Waals surface area contributed by atoms with E-state index in [2.05, 4.69) is 23.0 Å². The van der Waals surface area contributed by atoms with Gasteiger partial charge in [-0.15, -0.1) is 0 Å². The number of nitriles is 1. The number of anilines is 1. The topological polar surface area (TPSA) is 66.7 Å². The summed E-state index contributed by atoms with van der Waals surface area (Å²) in [5.74, 6) is 1.77. The van der Waals surface area contributed by atoms with Crippen LogP contribution in [-0.4, -0.2) is 38.2 Å². The Labute approximate surface area is 174 Å². The first-order chi connectivity index (χ1) is 14.1. The number of nitrogens with zero attached hydrogens (tertiary/aromatic N) is 3. The van der Waals surface area contributed by atoms with Gasteiger partial charge in [0.1, 0.15) is 18.4 Å². The highest BCUT2D eigenvalue weighted by Crippen LogP contribution is 2.29. The highest BCUT2D eigenvalue weighted by atomic mass is 35.5. The van der Waals surface area contributed by atoms with Gasteiger partial charge < -0.3 is 19.0 Å². The zero-order valence-corrected chi connectivity index (χ0v) is 16.9. The molecule has 3 aromatic rings. The maximum Gasteiger partial charge on any atom is 0.235 e.